The van der Waals surface area contributed by atoms with Gasteiger partial charge in [-0.05, 0) is 12.8 Å². The van der Waals surface area contributed by atoms with E-state index < -0.39 is 0 Å². The maximum Gasteiger partial charge on any atom is 0.305 e. The van der Waals surface area contributed by atoms with Gasteiger partial charge in [0.1, 0.15) is 5.01 Å². The number of hydrogen-bond donors (Lipinski definition) is 1. The van der Waals surface area contributed by atoms with Gasteiger partial charge in [0.05, 0.1) is 26.7 Å². The SMILES string of the molecule is COC(=O)CCc1cnc([C@@H]2C[C@H](N(C)OC)CN2)s1. The van der Waals surface area contributed by atoms with E-state index in [1.54, 1.807) is 18.4 Å². The van der Waals surface area contributed by atoms with E-state index in [9.17, 15) is 4.79 Å². The molecule has 0 aliphatic carbocycles. The average molecular weight is 299 g/mol. The summed E-state index contributed by atoms with van der Waals surface area (Å²) in [6.45, 7) is 0.895. The molecule has 0 bridgehead atoms. The van der Waals surface area contributed by atoms with E-state index in [0.717, 1.165) is 22.9 Å². The van der Waals surface area contributed by atoms with E-state index in [2.05, 4.69) is 15.0 Å². The minimum atomic E-state index is -0.180. The number of aryl methyl sites for hydroxylation is 1. The standard InChI is InChI=1S/C13H21N3O3S/c1-16(19-3)9-6-11(14-7-9)13-15-8-10(20-13)4-5-12(17)18-2/h8-9,11,14H,4-7H2,1-3H3/t9-,11-/m0/s1. The highest BCUT2D eigenvalue weighted by Crippen LogP contribution is 2.29. The van der Waals surface area contributed by atoms with Crippen LogP contribution in [0.25, 0.3) is 0 Å². The van der Waals surface area contributed by atoms with Crippen molar-refractivity contribution in [3.8, 4) is 0 Å². The monoisotopic (exact) mass is 299 g/mol. The predicted octanol–water partition coefficient (Wildman–Crippen LogP) is 1.14. The maximum atomic E-state index is 11.1. The normalized spacial score (nSPS) is 22.4. The number of carbonyl (C=O) groups is 1. The summed E-state index contributed by atoms with van der Waals surface area (Å²) in [6.07, 6.45) is 3.94. The van der Waals surface area contributed by atoms with Gasteiger partial charge in [0.2, 0.25) is 0 Å². The van der Waals surface area contributed by atoms with Crippen molar-refractivity contribution in [3.05, 3.63) is 16.1 Å². The highest BCUT2D eigenvalue weighted by Gasteiger charge is 2.30. The lowest BCUT2D eigenvalue weighted by Crippen LogP contribution is -2.32. The van der Waals surface area contributed by atoms with Gasteiger partial charge in [-0.15, -0.1) is 11.3 Å². The molecule has 1 aliphatic heterocycles. The summed E-state index contributed by atoms with van der Waals surface area (Å²) in [6, 6.07) is 0.641. The molecule has 1 aromatic heterocycles. The Balaban J connectivity index is 1.88. The number of aromatic nitrogens is 1. The lowest BCUT2D eigenvalue weighted by molar-refractivity contribution is -0.140. The van der Waals surface area contributed by atoms with Gasteiger partial charge in [-0.1, -0.05) is 0 Å². The van der Waals surface area contributed by atoms with Crippen LogP contribution in [0.3, 0.4) is 0 Å². The summed E-state index contributed by atoms with van der Waals surface area (Å²) in [5.41, 5.74) is 0. The minimum Gasteiger partial charge on any atom is -0.469 e. The molecule has 2 atom stereocenters. The second-order valence-electron chi connectivity index (χ2n) is 4.82. The van der Waals surface area contributed by atoms with Crippen LogP contribution in [0.4, 0.5) is 0 Å². The van der Waals surface area contributed by atoms with Gasteiger partial charge in [0, 0.05) is 30.7 Å². The molecule has 7 heteroatoms. The van der Waals surface area contributed by atoms with Gasteiger partial charge in [0.25, 0.3) is 0 Å². The number of nitrogens with one attached hydrogen (secondary N) is 1. The molecule has 6 nitrogen and oxygen atoms in total. The summed E-state index contributed by atoms with van der Waals surface area (Å²) in [5, 5.41) is 6.42. The number of methoxy groups -OCH3 is 1. The van der Waals surface area contributed by atoms with Crippen molar-refractivity contribution in [1.29, 1.82) is 0 Å². The fraction of sp³-hybridized carbons (Fsp3) is 0.692. The quantitative estimate of drug-likeness (QED) is 0.628. The topological polar surface area (TPSA) is 63.7 Å². The highest BCUT2D eigenvalue weighted by molar-refractivity contribution is 7.11. The average Bonchev–Trinajstić information content (AvgIpc) is 3.12. The number of esters is 1. The first-order valence-corrected chi connectivity index (χ1v) is 7.47. The highest BCUT2D eigenvalue weighted by atomic mass is 32.1. The van der Waals surface area contributed by atoms with E-state index in [1.807, 2.05) is 18.3 Å². The maximum absolute atomic E-state index is 11.1. The van der Waals surface area contributed by atoms with Crippen LogP contribution in [0.1, 0.15) is 28.8 Å². The molecule has 1 saturated heterocycles. The van der Waals surface area contributed by atoms with Crippen LogP contribution in [0.2, 0.25) is 0 Å². The molecule has 2 heterocycles. The molecule has 1 N–H and O–H groups in total. The van der Waals surface area contributed by atoms with Gasteiger partial charge in [0.15, 0.2) is 0 Å². The summed E-state index contributed by atoms with van der Waals surface area (Å²) in [7, 11) is 5.04. The predicted molar refractivity (Wildman–Crippen MR) is 76.4 cm³/mol. The van der Waals surface area contributed by atoms with Crippen molar-refractivity contribution in [1.82, 2.24) is 15.4 Å². The molecule has 2 rings (SSSR count). The molecular weight excluding hydrogens is 278 g/mol. The van der Waals surface area contributed by atoms with Gasteiger partial charge in [-0.2, -0.15) is 5.06 Å². The number of rotatable bonds is 6. The van der Waals surface area contributed by atoms with Crippen LogP contribution in [-0.4, -0.2) is 49.9 Å². The van der Waals surface area contributed by atoms with Crippen LogP contribution < -0.4 is 5.32 Å². The number of hydrogen-bond acceptors (Lipinski definition) is 7. The molecule has 20 heavy (non-hydrogen) atoms. The fourth-order valence-electron chi connectivity index (χ4n) is 2.26. The van der Waals surface area contributed by atoms with Crippen molar-refractivity contribution >= 4 is 17.3 Å². The molecule has 112 valence electrons. The van der Waals surface area contributed by atoms with Crippen molar-refractivity contribution < 1.29 is 14.4 Å². The van der Waals surface area contributed by atoms with Crippen molar-refractivity contribution in [2.24, 2.45) is 0 Å². The zero-order valence-electron chi connectivity index (χ0n) is 12.1. The van der Waals surface area contributed by atoms with Crippen LogP contribution in [0, 0.1) is 0 Å². The summed E-state index contributed by atoms with van der Waals surface area (Å²) >= 11 is 1.66. The molecule has 0 aromatic carbocycles. The Morgan fingerprint density at radius 1 is 1.60 bits per heavy atom. The fourth-order valence-corrected chi connectivity index (χ4v) is 3.26. The third-order valence-electron chi connectivity index (χ3n) is 3.58. The summed E-state index contributed by atoms with van der Waals surface area (Å²) in [5.74, 6) is -0.180. The molecule has 0 radical (unpaired) electrons. The lowest BCUT2D eigenvalue weighted by Gasteiger charge is -2.20. The number of thiazole rings is 1. The van der Waals surface area contributed by atoms with Crippen molar-refractivity contribution in [2.45, 2.75) is 31.3 Å². The van der Waals surface area contributed by atoms with Crippen LogP contribution in [0.5, 0.6) is 0 Å². The Bertz CT molecular complexity index is 452. The first-order chi connectivity index (χ1) is 9.63. The zero-order chi connectivity index (χ0) is 14.5. The van der Waals surface area contributed by atoms with E-state index in [0.29, 0.717) is 18.9 Å². The molecule has 0 saturated carbocycles. The second kappa shape index (κ2) is 7.12. The third kappa shape index (κ3) is 3.76. The Kier molecular flexibility index (Phi) is 5.47. The van der Waals surface area contributed by atoms with Gasteiger partial charge < -0.3 is 14.9 Å². The molecule has 1 fully saturated rings. The van der Waals surface area contributed by atoms with Crippen LogP contribution in [-0.2, 0) is 20.8 Å². The number of carbonyl (C=O) groups excluding carboxylic acids is 1. The van der Waals surface area contributed by atoms with Gasteiger partial charge in [-0.25, -0.2) is 4.98 Å². The molecule has 1 aromatic rings. The molecule has 0 unspecified atom stereocenters. The smallest absolute Gasteiger partial charge is 0.305 e. The number of nitrogens with zero attached hydrogens (tertiary/aromatic N) is 2. The van der Waals surface area contributed by atoms with E-state index >= 15 is 0 Å². The molecule has 0 spiro atoms. The van der Waals surface area contributed by atoms with Gasteiger partial charge >= 0.3 is 5.97 Å². The minimum absolute atomic E-state index is 0.180. The van der Waals surface area contributed by atoms with Crippen molar-refractivity contribution in [2.75, 3.05) is 27.8 Å². The third-order valence-corrected chi connectivity index (χ3v) is 4.75. The second-order valence-corrected chi connectivity index (χ2v) is 5.97. The van der Waals surface area contributed by atoms with E-state index in [4.69, 9.17) is 4.84 Å². The zero-order valence-corrected chi connectivity index (χ0v) is 12.9. The van der Waals surface area contributed by atoms with E-state index in [1.165, 1.54) is 7.11 Å². The first-order valence-electron chi connectivity index (χ1n) is 6.65. The summed E-state index contributed by atoms with van der Waals surface area (Å²) < 4.78 is 4.64. The number of likely N-dealkylation sites (N-methyl/N-ethyl adjacent to an activating group) is 1. The summed E-state index contributed by atoms with van der Waals surface area (Å²) in [4.78, 5) is 21.9. The Hall–Kier alpha value is -1.02. The van der Waals surface area contributed by atoms with Crippen LogP contribution >= 0.6 is 11.3 Å². The van der Waals surface area contributed by atoms with Crippen molar-refractivity contribution in [3.63, 3.8) is 0 Å². The largest absolute Gasteiger partial charge is 0.469 e. The van der Waals surface area contributed by atoms with Crippen LogP contribution in [0.15, 0.2) is 6.20 Å². The van der Waals surface area contributed by atoms with Gasteiger partial charge in [-0.3, -0.25) is 4.79 Å². The van der Waals surface area contributed by atoms with E-state index in [-0.39, 0.29) is 12.0 Å². The molecular formula is C13H21N3O3S. The molecule has 1 aliphatic rings. The Labute approximate surface area is 123 Å². The molecule has 0 amide bonds. The lowest BCUT2D eigenvalue weighted by atomic mass is 10.2. The first kappa shape index (κ1) is 15.4. The number of ether oxygens (including phenoxy) is 1. The Morgan fingerprint density at radius 3 is 3.10 bits per heavy atom. The number of hydroxylamine groups is 2. The Morgan fingerprint density at radius 2 is 2.40 bits per heavy atom.